The minimum absolute atomic E-state index is 0. The Morgan fingerprint density at radius 1 is 0.688 bits per heavy atom. The first-order valence-electron chi connectivity index (χ1n) is 6.36. The second-order valence-electron chi connectivity index (χ2n) is 3.72. The van der Waals surface area contributed by atoms with E-state index in [-0.39, 0.29) is 18.9 Å². The number of hydrogen-bond acceptors (Lipinski definition) is 0. The second kappa shape index (κ2) is 14.5. The Hall–Kier alpha value is 1.42. The summed E-state index contributed by atoms with van der Waals surface area (Å²) in [7, 11) is 0.632. The second-order valence-corrected chi connectivity index (χ2v) is 9.83. The summed E-state index contributed by atoms with van der Waals surface area (Å²) in [6.07, 6.45) is 8.29. The van der Waals surface area contributed by atoms with Crippen molar-refractivity contribution in [3.05, 3.63) is 5.32 Å². The van der Waals surface area contributed by atoms with Gasteiger partial charge in [0.05, 0.1) is 0 Å². The predicted molar refractivity (Wildman–Crippen MR) is 78.8 cm³/mol. The van der Waals surface area contributed by atoms with E-state index in [1.165, 1.54) is 37.0 Å². The minimum atomic E-state index is 0. The molecule has 0 aliphatic rings. The molecule has 0 aliphatic carbocycles. The average molecular weight is 255 g/mol. The average Bonchev–Trinajstić information content (AvgIpc) is 2.29. The van der Waals surface area contributed by atoms with Crippen molar-refractivity contribution in [2.24, 2.45) is 0 Å². The third kappa shape index (κ3) is 10.6. The van der Waals surface area contributed by atoms with Crippen LogP contribution >= 0.6 is 15.8 Å². The van der Waals surface area contributed by atoms with Crippen molar-refractivity contribution in [2.75, 3.05) is 50.1 Å². The monoisotopic (exact) mass is 255 g/mol. The zero-order valence-corrected chi connectivity index (χ0v) is 13.8. The summed E-state index contributed by atoms with van der Waals surface area (Å²) in [6, 6.07) is 0. The molecule has 0 heterocycles. The summed E-state index contributed by atoms with van der Waals surface area (Å²) < 4.78 is 0. The van der Waals surface area contributed by atoms with Crippen molar-refractivity contribution in [1.82, 2.24) is 0 Å². The molecular formula is C12H28LiNP2. The van der Waals surface area contributed by atoms with Crippen molar-refractivity contribution < 1.29 is 18.9 Å². The predicted octanol–water partition coefficient (Wildman–Crippen LogP) is 1.41. The molecule has 0 unspecified atom stereocenters. The molecule has 0 saturated carbocycles. The van der Waals surface area contributed by atoms with E-state index >= 15 is 0 Å². The zero-order chi connectivity index (χ0) is 11.5. The van der Waals surface area contributed by atoms with Crippen LogP contribution in [0, 0.1) is 0 Å². The maximum Gasteiger partial charge on any atom is 1.00 e. The van der Waals surface area contributed by atoms with Crippen LogP contribution in [-0.2, 0) is 0 Å². The molecule has 16 heavy (non-hydrogen) atoms. The van der Waals surface area contributed by atoms with Crippen LogP contribution in [0.25, 0.3) is 5.32 Å². The molecule has 0 rings (SSSR count). The molecular weight excluding hydrogens is 227 g/mol. The van der Waals surface area contributed by atoms with Gasteiger partial charge in [-0.05, 0) is 24.6 Å². The quantitative estimate of drug-likeness (QED) is 0.318. The first kappa shape index (κ1) is 19.8. The van der Waals surface area contributed by atoms with Crippen LogP contribution in [0.5, 0.6) is 0 Å². The van der Waals surface area contributed by atoms with E-state index < -0.39 is 0 Å². The summed E-state index contributed by atoms with van der Waals surface area (Å²) >= 11 is 0. The van der Waals surface area contributed by atoms with Crippen LogP contribution in [0.3, 0.4) is 0 Å². The summed E-state index contributed by atoms with van der Waals surface area (Å²) in [5.74, 6) is 0. The Kier molecular flexibility index (Phi) is 17.9. The van der Waals surface area contributed by atoms with Crippen LogP contribution in [0.2, 0.25) is 0 Å². The molecule has 0 aromatic heterocycles. The van der Waals surface area contributed by atoms with Gasteiger partial charge in [0, 0.05) is 0 Å². The van der Waals surface area contributed by atoms with Gasteiger partial charge < -0.3 is 5.32 Å². The van der Waals surface area contributed by atoms with E-state index in [0.717, 1.165) is 13.1 Å². The van der Waals surface area contributed by atoms with E-state index in [2.05, 4.69) is 33.0 Å². The first-order chi connectivity index (χ1) is 7.28. The standard InChI is InChI=1S/C12H28NP2.Li/c1-5-14(6-2)11-9-13-10-12-15(7-3)8-4;/h5-12H2,1-4H3;/q-1;+1. The van der Waals surface area contributed by atoms with Crippen molar-refractivity contribution in [2.45, 2.75) is 27.7 Å². The molecule has 0 amide bonds. The Balaban J connectivity index is 0. The van der Waals surface area contributed by atoms with Gasteiger partial charge in [-0.25, -0.2) is 0 Å². The van der Waals surface area contributed by atoms with Crippen LogP contribution in [0.1, 0.15) is 27.7 Å². The van der Waals surface area contributed by atoms with Crippen molar-refractivity contribution in [1.29, 1.82) is 0 Å². The molecule has 92 valence electrons. The molecule has 0 atom stereocenters. The molecule has 0 fully saturated rings. The maximum absolute atomic E-state index is 4.68. The Labute approximate surface area is 118 Å². The molecule has 0 aromatic carbocycles. The molecule has 0 radical (unpaired) electrons. The maximum atomic E-state index is 4.68. The molecule has 0 aromatic rings. The van der Waals surface area contributed by atoms with Crippen LogP contribution in [0.4, 0.5) is 0 Å². The van der Waals surface area contributed by atoms with Crippen molar-refractivity contribution >= 4 is 15.8 Å². The zero-order valence-electron chi connectivity index (χ0n) is 12.0. The summed E-state index contributed by atoms with van der Waals surface area (Å²) in [6.45, 7) is 11.5. The van der Waals surface area contributed by atoms with E-state index in [0.29, 0.717) is 15.8 Å². The largest absolute Gasteiger partial charge is 1.00 e. The van der Waals surface area contributed by atoms with Gasteiger partial charge in [-0.2, -0.15) is 0 Å². The SMILES string of the molecule is CCP(CC)CC[N-]CCP(CC)CC.[Li+]. The van der Waals surface area contributed by atoms with E-state index in [9.17, 15) is 0 Å². The van der Waals surface area contributed by atoms with Crippen LogP contribution < -0.4 is 18.9 Å². The fraction of sp³-hybridized carbons (Fsp3) is 1.00. The van der Waals surface area contributed by atoms with Crippen molar-refractivity contribution in [3.8, 4) is 0 Å². The molecule has 0 spiro atoms. The molecule has 0 N–H and O–H groups in total. The van der Waals surface area contributed by atoms with Gasteiger partial charge in [0.25, 0.3) is 0 Å². The molecule has 0 aliphatic heterocycles. The Morgan fingerprint density at radius 3 is 1.25 bits per heavy atom. The molecule has 0 bridgehead atoms. The van der Waals surface area contributed by atoms with Crippen molar-refractivity contribution in [3.63, 3.8) is 0 Å². The van der Waals surface area contributed by atoms with Crippen LogP contribution in [0.15, 0.2) is 0 Å². The molecule has 4 heteroatoms. The number of nitrogens with zero attached hydrogens (tertiary/aromatic N) is 1. The number of hydrogen-bond donors (Lipinski definition) is 0. The third-order valence-corrected chi connectivity index (χ3v) is 8.18. The summed E-state index contributed by atoms with van der Waals surface area (Å²) in [5, 5.41) is 4.68. The molecule has 1 nitrogen and oxygen atoms in total. The topological polar surface area (TPSA) is 14.1 Å². The minimum Gasteiger partial charge on any atom is -0.662 e. The number of rotatable bonds is 10. The fourth-order valence-electron chi connectivity index (χ4n) is 1.62. The third-order valence-electron chi connectivity index (χ3n) is 2.94. The Morgan fingerprint density at radius 2 is 1.00 bits per heavy atom. The Bertz CT molecular complexity index is 114. The summed E-state index contributed by atoms with van der Waals surface area (Å²) in [4.78, 5) is 0. The van der Waals surface area contributed by atoms with Gasteiger partial charge in [-0.1, -0.05) is 40.0 Å². The van der Waals surface area contributed by atoms with Gasteiger partial charge in [0.1, 0.15) is 0 Å². The van der Waals surface area contributed by atoms with Gasteiger partial charge in [0.2, 0.25) is 0 Å². The van der Waals surface area contributed by atoms with E-state index in [1.807, 2.05) is 0 Å². The normalized spacial score (nSPS) is 10.9. The van der Waals surface area contributed by atoms with Crippen LogP contribution in [-0.4, -0.2) is 50.1 Å². The van der Waals surface area contributed by atoms with Gasteiger partial charge >= 0.3 is 18.9 Å². The summed E-state index contributed by atoms with van der Waals surface area (Å²) in [5.41, 5.74) is 0. The van der Waals surface area contributed by atoms with E-state index in [1.54, 1.807) is 0 Å². The van der Waals surface area contributed by atoms with Gasteiger partial charge in [-0.3, -0.25) is 0 Å². The fourth-order valence-corrected chi connectivity index (χ4v) is 4.62. The van der Waals surface area contributed by atoms with Gasteiger partial charge in [0.15, 0.2) is 0 Å². The van der Waals surface area contributed by atoms with Gasteiger partial charge in [-0.15, -0.1) is 28.9 Å². The molecule has 0 saturated heterocycles. The first-order valence-corrected chi connectivity index (χ1v) is 10.2. The smallest absolute Gasteiger partial charge is 0.662 e. The van der Waals surface area contributed by atoms with E-state index in [4.69, 9.17) is 0 Å².